The molecule has 2 unspecified atom stereocenters. The highest BCUT2D eigenvalue weighted by Crippen LogP contribution is 2.53. The molecular formula is C25H25NO. The number of amides is 1. The minimum Gasteiger partial charge on any atom is -0.333 e. The summed E-state index contributed by atoms with van der Waals surface area (Å²) in [5.41, 5.74) is 5.49. The van der Waals surface area contributed by atoms with Gasteiger partial charge in [-0.3, -0.25) is 4.79 Å². The van der Waals surface area contributed by atoms with Gasteiger partial charge in [-0.1, -0.05) is 68.2 Å². The van der Waals surface area contributed by atoms with Crippen LogP contribution in [0.15, 0.2) is 48.5 Å². The maximum atomic E-state index is 13.3. The van der Waals surface area contributed by atoms with Crippen LogP contribution in [0.3, 0.4) is 0 Å². The Morgan fingerprint density at radius 2 is 1.96 bits per heavy atom. The SMILES string of the molecule is CC.O=C(c1cccc2c1C=CC1CC21)N1CCC#Cc2ccccc2C1. The smallest absolute Gasteiger partial charge is 0.254 e. The van der Waals surface area contributed by atoms with Gasteiger partial charge in [0.25, 0.3) is 5.91 Å². The van der Waals surface area contributed by atoms with Gasteiger partial charge in [0.15, 0.2) is 0 Å². The Morgan fingerprint density at radius 3 is 2.85 bits per heavy atom. The summed E-state index contributed by atoms with van der Waals surface area (Å²) >= 11 is 0. The highest BCUT2D eigenvalue weighted by atomic mass is 16.2. The maximum absolute atomic E-state index is 13.3. The second kappa shape index (κ2) is 7.45. The van der Waals surface area contributed by atoms with Crippen molar-refractivity contribution in [2.75, 3.05) is 6.54 Å². The first kappa shape index (κ1) is 17.6. The van der Waals surface area contributed by atoms with Gasteiger partial charge in [-0.05, 0) is 47.1 Å². The fourth-order valence-corrected chi connectivity index (χ4v) is 4.04. The van der Waals surface area contributed by atoms with Gasteiger partial charge in [0, 0.05) is 30.6 Å². The summed E-state index contributed by atoms with van der Waals surface area (Å²) in [6, 6.07) is 14.3. The fraction of sp³-hybridized carbons (Fsp3) is 0.320. The second-order valence-electron chi connectivity index (χ2n) is 7.11. The van der Waals surface area contributed by atoms with Gasteiger partial charge in [0.1, 0.15) is 0 Å². The molecule has 1 amide bonds. The number of nitrogens with zero attached hydrogens (tertiary/aromatic N) is 1. The number of carbonyl (C=O) groups is 1. The van der Waals surface area contributed by atoms with E-state index in [4.69, 9.17) is 0 Å². The molecule has 0 aromatic heterocycles. The summed E-state index contributed by atoms with van der Waals surface area (Å²) in [5.74, 6) is 7.88. The van der Waals surface area contributed by atoms with Crippen LogP contribution in [0.5, 0.6) is 0 Å². The van der Waals surface area contributed by atoms with Crippen LogP contribution in [-0.4, -0.2) is 17.4 Å². The van der Waals surface area contributed by atoms with Gasteiger partial charge in [-0.25, -0.2) is 0 Å². The molecule has 0 bridgehead atoms. The predicted molar refractivity (Wildman–Crippen MR) is 110 cm³/mol. The molecule has 2 aliphatic carbocycles. The third-order valence-corrected chi connectivity index (χ3v) is 5.52. The Labute approximate surface area is 161 Å². The minimum absolute atomic E-state index is 0.124. The number of hydrogen-bond acceptors (Lipinski definition) is 1. The van der Waals surface area contributed by atoms with E-state index < -0.39 is 0 Å². The molecule has 2 nitrogen and oxygen atoms in total. The molecule has 1 saturated carbocycles. The lowest BCUT2D eigenvalue weighted by molar-refractivity contribution is 0.0746. The highest BCUT2D eigenvalue weighted by molar-refractivity contribution is 5.98. The number of fused-ring (bicyclic) bond motifs is 4. The zero-order chi connectivity index (χ0) is 18.8. The van der Waals surface area contributed by atoms with E-state index in [2.05, 4.69) is 36.1 Å². The van der Waals surface area contributed by atoms with E-state index in [1.165, 1.54) is 12.0 Å². The molecule has 2 aromatic carbocycles. The van der Waals surface area contributed by atoms with Crippen LogP contribution in [0.1, 0.15) is 65.2 Å². The van der Waals surface area contributed by atoms with E-state index in [1.54, 1.807) is 0 Å². The summed E-state index contributed by atoms with van der Waals surface area (Å²) in [5, 5.41) is 0. The zero-order valence-electron chi connectivity index (χ0n) is 16.0. The van der Waals surface area contributed by atoms with Crippen LogP contribution in [-0.2, 0) is 6.54 Å². The molecule has 0 N–H and O–H groups in total. The third kappa shape index (κ3) is 3.30. The van der Waals surface area contributed by atoms with Crippen molar-refractivity contribution >= 4 is 12.0 Å². The van der Waals surface area contributed by atoms with Crippen LogP contribution >= 0.6 is 0 Å². The van der Waals surface area contributed by atoms with Crippen LogP contribution in [0.25, 0.3) is 6.08 Å². The molecular weight excluding hydrogens is 330 g/mol. The van der Waals surface area contributed by atoms with Crippen LogP contribution < -0.4 is 0 Å². The molecule has 0 radical (unpaired) electrons. The van der Waals surface area contributed by atoms with Crippen LogP contribution in [0.2, 0.25) is 0 Å². The molecule has 5 rings (SSSR count). The number of carbonyl (C=O) groups excluding carboxylic acids is 1. The van der Waals surface area contributed by atoms with Crippen molar-refractivity contribution in [3.8, 4) is 11.8 Å². The van der Waals surface area contributed by atoms with Gasteiger partial charge in [-0.2, -0.15) is 0 Å². The predicted octanol–water partition coefficient (Wildman–Crippen LogP) is 5.24. The van der Waals surface area contributed by atoms with E-state index in [0.29, 0.717) is 24.9 Å². The molecule has 0 saturated heterocycles. The lowest BCUT2D eigenvalue weighted by Gasteiger charge is -2.25. The number of hydrogen-bond donors (Lipinski definition) is 0. The lowest BCUT2D eigenvalue weighted by Crippen LogP contribution is -2.33. The molecule has 2 heteroatoms. The normalized spacial score (nSPS) is 21.0. The summed E-state index contributed by atoms with van der Waals surface area (Å²) in [6.07, 6.45) is 6.38. The van der Waals surface area contributed by atoms with Crippen LogP contribution in [0, 0.1) is 17.8 Å². The average molecular weight is 355 g/mol. The molecule has 2 aromatic rings. The van der Waals surface area contributed by atoms with Crippen molar-refractivity contribution in [1.82, 2.24) is 4.90 Å². The molecule has 2 atom stereocenters. The quantitative estimate of drug-likeness (QED) is 0.641. The first-order valence-electron chi connectivity index (χ1n) is 9.98. The van der Waals surface area contributed by atoms with E-state index in [0.717, 1.165) is 28.7 Å². The Balaban J connectivity index is 0.000000872. The van der Waals surface area contributed by atoms with Gasteiger partial charge in [0.05, 0.1) is 0 Å². The molecule has 0 spiro atoms. The van der Waals surface area contributed by atoms with E-state index >= 15 is 0 Å². The zero-order valence-corrected chi connectivity index (χ0v) is 16.0. The number of benzene rings is 2. The second-order valence-corrected chi connectivity index (χ2v) is 7.11. The van der Waals surface area contributed by atoms with Gasteiger partial charge in [0.2, 0.25) is 0 Å². The van der Waals surface area contributed by atoms with Crippen molar-refractivity contribution in [2.45, 2.75) is 39.2 Å². The van der Waals surface area contributed by atoms with Crippen molar-refractivity contribution in [1.29, 1.82) is 0 Å². The highest BCUT2D eigenvalue weighted by Gasteiger charge is 2.40. The Hall–Kier alpha value is -2.79. The standard InChI is InChI=1S/C23H19NO.C2H6/c25-23(21-10-5-9-19-20(21)12-11-17-14-22(17)19)24-13-4-3-7-16-6-1-2-8-18(16)15-24;1-2/h1-2,5-6,8-12,17,22H,4,13-15H2;1-2H3. The fourth-order valence-electron chi connectivity index (χ4n) is 4.04. The average Bonchev–Trinajstić information content (AvgIpc) is 3.49. The van der Waals surface area contributed by atoms with Crippen LogP contribution in [0.4, 0.5) is 0 Å². The molecule has 27 heavy (non-hydrogen) atoms. The Bertz CT molecular complexity index is 960. The first-order valence-corrected chi connectivity index (χ1v) is 9.98. The van der Waals surface area contributed by atoms with Crippen molar-refractivity contribution < 1.29 is 4.79 Å². The monoisotopic (exact) mass is 355 g/mol. The Morgan fingerprint density at radius 1 is 1.11 bits per heavy atom. The van der Waals surface area contributed by atoms with Gasteiger partial charge < -0.3 is 4.90 Å². The lowest BCUT2D eigenvalue weighted by atomic mass is 9.92. The summed E-state index contributed by atoms with van der Waals surface area (Å²) in [6.45, 7) is 5.31. The van der Waals surface area contributed by atoms with Crippen molar-refractivity contribution in [2.24, 2.45) is 5.92 Å². The molecule has 1 heterocycles. The third-order valence-electron chi connectivity index (χ3n) is 5.52. The summed E-state index contributed by atoms with van der Waals surface area (Å²) in [4.78, 5) is 15.3. The minimum atomic E-state index is 0.124. The largest absolute Gasteiger partial charge is 0.333 e. The topological polar surface area (TPSA) is 20.3 Å². The van der Waals surface area contributed by atoms with Crippen molar-refractivity contribution in [3.63, 3.8) is 0 Å². The molecule has 1 fully saturated rings. The molecule has 136 valence electrons. The Kier molecular flexibility index (Phi) is 4.86. The first-order chi connectivity index (χ1) is 13.3. The summed E-state index contributed by atoms with van der Waals surface area (Å²) in [7, 11) is 0. The van der Waals surface area contributed by atoms with E-state index in [9.17, 15) is 4.79 Å². The maximum Gasteiger partial charge on any atom is 0.254 e. The summed E-state index contributed by atoms with van der Waals surface area (Å²) < 4.78 is 0. The van der Waals surface area contributed by atoms with E-state index in [-0.39, 0.29) is 5.91 Å². The number of allylic oxidation sites excluding steroid dienone is 1. The number of rotatable bonds is 1. The molecule has 3 aliphatic rings. The van der Waals surface area contributed by atoms with Crippen molar-refractivity contribution in [3.05, 3.63) is 76.4 Å². The van der Waals surface area contributed by atoms with Gasteiger partial charge >= 0.3 is 0 Å². The van der Waals surface area contributed by atoms with Gasteiger partial charge in [-0.15, -0.1) is 0 Å². The molecule has 1 aliphatic heterocycles. The van der Waals surface area contributed by atoms with E-state index in [1.807, 2.05) is 49.1 Å².